The Bertz CT molecular complexity index is 1320. The van der Waals surface area contributed by atoms with Crippen LogP contribution in [0.4, 0.5) is 10.5 Å². The molecule has 6 rings (SSSR count). The number of rotatable bonds is 7. The van der Waals surface area contributed by atoms with E-state index in [0.717, 1.165) is 61.2 Å². The second kappa shape index (κ2) is 10.8. The van der Waals surface area contributed by atoms with E-state index in [9.17, 15) is 9.59 Å². The van der Waals surface area contributed by atoms with Gasteiger partial charge in [-0.15, -0.1) is 0 Å². The van der Waals surface area contributed by atoms with E-state index in [2.05, 4.69) is 46.4 Å². The first kappa shape index (κ1) is 25.6. The number of likely N-dealkylation sites (tertiary alicyclic amines) is 1. The number of nitrogens with zero attached hydrogens (tertiary/aromatic N) is 2. The highest BCUT2D eigenvalue weighted by molar-refractivity contribution is 5.98. The van der Waals surface area contributed by atoms with Crippen LogP contribution in [0.5, 0.6) is 5.75 Å². The zero-order chi connectivity index (χ0) is 26.9. The van der Waals surface area contributed by atoms with Crippen molar-refractivity contribution in [3.63, 3.8) is 0 Å². The van der Waals surface area contributed by atoms with Gasteiger partial charge in [0.25, 0.3) is 5.91 Å². The summed E-state index contributed by atoms with van der Waals surface area (Å²) in [5.74, 6) is 1.76. The van der Waals surface area contributed by atoms with Crippen LogP contribution in [0.1, 0.15) is 41.9 Å². The van der Waals surface area contributed by atoms with Gasteiger partial charge < -0.3 is 34.3 Å². The lowest BCUT2D eigenvalue weighted by Crippen LogP contribution is -2.33. The van der Waals surface area contributed by atoms with Crippen molar-refractivity contribution in [3.8, 4) is 5.75 Å². The molecule has 9 nitrogen and oxygen atoms in total. The number of fused-ring (bicyclic) bond motifs is 2. The quantitative estimate of drug-likeness (QED) is 0.470. The zero-order valence-corrected chi connectivity index (χ0v) is 22.5. The smallest absolute Gasteiger partial charge is 0.407 e. The Hall–Kier alpha value is -3.72. The van der Waals surface area contributed by atoms with Crippen molar-refractivity contribution in [1.82, 2.24) is 15.2 Å². The van der Waals surface area contributed by atoms with Gasteiger partial charge in [0.2, 0.25) is 0 Å². The van der Waals surface area contributed by atoms with E-state index in [1.165, 1.54) is 5.69 Å². The van der Waals surface area contributed by atoms with Gasteiger partial charge in [0.1, 0.15) is 17.5 Å². The summed E-state index contributed by atoms with van der Waals surface area (Å²) in [6, 6.07) is 16.1. The minimum Gasteiger partial charge on any atom is -0.497 e. The summed E-state index contributed by atoms with van der Waals surface area (Å²) < 4.78 is 16.1. The molecule has 0 spiro atoms. The predicted molar refractivity (Wildman–Crippen MR) is 148 cm³/mol. The van der Waals surface area contributed by atoms with Crippen molar-refractivity contribution in [2.45, 2.75) is 31.9 Å². The number of ether oxygens (including phenoxy) is 3. The first-order valence-corrected chi connectivity index (χ1v) is 13.9. The number of hydrogen-bond donors (Lipinski definition) is 2. The normalized spacial score (nSPS) is 23.2. The van der Waals surface area contributed by atoms with Gasteiger partial charge in [0, 0.05) is 61.0 Å². The fourth-order valence-electron chi connectivity index (χ4n) is 6.17. The van der Waals surface area contributed by atoms with Gasteiger partial charge in [0.05, 0.1) is 26.4 Å². The van der Waals surface area contributed by atoms with Crippen molar-refractivity contribution in [1.29, 1.82) is 0 Å². The average Bonchev–Trinajstić information content (AvgIpc) is 3.75. The minimum absolute atomic E-state index is 0.0626. The van der Waals surface area contributed by atoms with Crippen LogP contribution in [0.2, 0.25) is 0 Å². The van der Waals surface area contributed by atoms with Crippen LogP contribution in [0, 0.1) is 11.8 Å². The van der Waals surface area contributed by atoms with Crippen molar-refractivity contribution in [2.75, 3.05) is 51.4 Å². The molecule has 0 bridgehead atoms. The minimum atomic E-state index is -0.389. The summed E-state index contributed by atoms with van der Waals surface area (Å²) in [5.41, 5.74) is 3.81. The Morgan fingerprint density at radius 3 is 2.51 bits per heavy atom. The van der Waals surface area contributed by atoms with Gasteiger partial charge in [-0.05, 0) is 48.4 Å². The monoisotopic (exact) mass is 532 g/mol. The second-order valence-corrected chi connectivity index (χ2v) is 10.9. The van der Waals surface area contributed by atoms with E-state index in [1.54, 1.807) is 7.11 Å². The number of alkyl carbamates (subject to hydrolysis) is 1. The molecule has 3 aliphatic rings. The van der Waals surface area contributed by atoms with Crippen molar-refractivity contribution in [2.24, 2.45) is 11.8 Å². The molecule has 0 aliphatic carbocycles. The molecule has 39 heavy (non-hydrogen) atoms. The van der Waals surface area contributed by atoms with E-state index in [1.807, 2.05) is 29.2 Å². The fourth-order valence-corrected chi connectivity index (χ4v) is 6.17. The molecule has 206 valence electrons. The van der Waals surface area contributed by atoms with Crippen LogP contribution in [-0.2, 0) is 9.47 Å². The number of nitrogens with one attached hydrogen (secondary N) is 2. The number of methoxy groups -OCH3 is 1. The Labute approximate surface area is 228 Å². The molecule has 3 fully saturated rings. The molecule has 4 atom stereocenters. The Kier molecular flexibility index (Phi) is 7.08. The number of anilines is 1. The molecule has 3 saturated heterocycles. The summed E-state index contributed by atoms with van der Waals surface area (Å²) in [5, 5.41) is 3.98. The fraction of sp³-hybridized carbons (Fsp3) is 0.467. The number of carbonyl (C=O) groups is 2. The number of aromatic amines is 1. The standard InChI is InChI=1S/C30H36N4O5/c1-3-26(32-30(36)39-25-10-11-38-18-25)19-4-6-23(7-5-19)33-14-21-16-34(17-22(21)15-33)29(35)28-13-20-12-24(37-2)8-9-27(20)31-28/h4-9,12-13,21-22,25-26,31H,3,10-11,14-18H2,1-2H3,(H,32,36)/t21-,22?,25?,26?/m0/s1. The Morgan fingerprint density at radius 2 is 1.85 bits per heavy atom. The molecule has 3 unspecified atom stereocenters. The number of hydrogen-bond acceptors (Lipinski definition) is 6. The summed E-state index contributed by atoms with van der Waals surface area (Å²) in [7, 11) is 1.65. The van der Waals surface area contributed by atoms with Crippen LogP contribution in [0.15, 0.2) is 48.5 Å². The van der Waals surface area contributed by atoms with Crippen molar-refractivity contribution >= 4 is 28.6 Å². The summed E-state index contributed by atoms with van der Waals surface area (Å²) in [6.07, 6.45) is 0.982. The van der Waals surface area contributed by atoms with E-state index < -0.39 is 0 Å². The third-order valence-corrected chi connectivity index (χ3v) is 8.35. The van der Waals surface area contributed by atoms with Gasteiger partial charge in [0.15, 0.2) is 0 Å². The molecule has 3 aromatic rings. The lowest BCUT2D eigenvalue weighted by atomic mass is 10.0. The lowest BCUT2D eigenvalue weighted by Gasteiger charge is -2.24. The van der Waals surface area contributed by atoms with Gasteiger partial charge in [-0.1, -0.05) is 19.1 Å². The highest BCUT2D eigenvalue weighted by Gasteiger charge is 2.42. The van der Waals surface area contributed by atoms with E-state index in [-0.39, 0.29) is 24.1 Å². The molecule has 0 radical (unpaired) electrons. The summed E-state index contributed by atoms with van der Waals surface area (Å²) >= 11 is 0. The van der Waals surface area contributed by atoms with Crippen LogP contribution < -0.4 is 15.0 Å². The first-order chi connectivity index (χ1) is 19.0. The molecule has 2 aromatic carbocycles. The van der Waals surface area contributed by atoms with Crippen LogP contribution >= 0.6 is 0 Å². The number of carbonyl (C=O) groups excluding carboxylic acids is 2. The number of aromatic nitrogens is 1. The third-order valence-electron chi connectivity index (χ3n) is 8.35. The predicted octanol–water partition coefficient (Wildman–Crippen LogP) is 4.35. The highest BCUT2D eigenvalue weighted by Crippen LogP contribution is 2.35. The molecule has 3 aliphatic heterocycles. The zero-order valence-electron chi connectivity index (χ0n) is 22.5. The Morgan fingerprint density at radius 1 is 1.08 bits per heavy atom. The Balaban J connectivity index is 1.04. The second-order valence-electron chi connectivity index (χ2n) is 10.9. The average molecular weight is 533 g/mol. The molecule has 1 aromatic heterocycles. The number of H-pyrrole nitrogens is 1. The van der Waals surface area contributed by atoms with E-state index >= 15 is 0 Å². The van der Waals surface area contributed by atoms with E-state index in [0.29, 0.717) is 30.7 Å². The number of amides is 2. The summed E-state index contributed by atoms with van der Waals surface area (Å²) in [6.45, 7) is 6.58. The maximum Gasteiger partial charge on any atom is 0.407 e. The molecule has 0 saturated carbocycles. The third kappa shape index (κ3) is 5.28. The highest BCUT2D eigenvalue weighted by atomic mass is 16.6. The lowest BCUT2D eigenvalue weighted by molar-refractivity contribution is 0.0776. The molecular weight excluding hydrogens is 496 g/mol. The van der Waals surface area contributed by atoms with Crippen molar-refractivity contribution in [3.05, 3.63) is 59.8 Å². The molecule has 2 amide bonds. The SMILES string of the molecule is CCC(NC(=O)OC1CCOC1)c1ccc(N2CC3CN(C(=O)c4cc5cc(OC)ccc5[nH]4)C[C@@H]3C2)cc1. The van der Waals surface area contributed by atoms with Gasteiger partial charge in [-0.3, -0.25) is 4.79 Å². The van der Waals surface area contributed by atoms with Gasteiger partial charge in [-0.25, -0.2) is 4.79 Å². The molecule has 2 N–H and O–H groups in total. The maximum absolute atomic E-state index is 13.3. The molecule has 9 heteroatoms. The van der Waals surface area contributed by atoms with Gasteiger partial charge in [-0.2, -0.15) is 0 Å². The van der Waals surface area contributed by atoms with Crippen molar-refractivity contribution < 1.29 is 23.8 Å². The molecule has 4 heterocycles. The van der Waals surface area contributed by atoms with Crippen LogP contribution in [0.25, 0.3) is 10.9 Å². The maximum atomic E-state index is 13.3. The topological polar surface area (TPSA) is 96.1 Å². The number of benzene rings is 2. The first-order valence-electron chi connectivity index (χ1n) is 13.9. The largest absolute Gasteiger partial charge is 0.497 e. The molecular formula is C30H36N4O5. The van der Waals surface area contributed by atoms with E-state index in [4.69, 9.17) is 14.2 Å². The summed E-state index contributed by atoms with van der Waals surface area (Å²) in [4.78, 5) is 33.3. The van der Waals surface area contributed by atoms with Crippen LogP contribution in [0.3, 0.4) is 0 Å². The van der Waals surface area contributed by atoms with Gasteiger partial charge >= 0.3 is 6.09 Å². The van der Waals surface area contributed by atoms with Crippen LogP contribution in [-0.4, -0.2) is 74.5 Å².